The van der Waals surface area contributed by atoms with E-state index >= 15 is 0 Å². The molecular weight excluding hydrogens is 222 g/mol. The third-order valence-electron chi connectivity index (χ3n) is 2.79. The van der Waals surface area contributed by atoms with Crippen LogP contribution in [0.15, 0.2) is 32.7 Å². The summed E-state index contributed by atoms with van der Waals surface area (Å²) in [6.45, 7) is 4.34. The molecule has 76 valence electrons. The number of aryl methyl sites for hydroxylation is 1. The summed E-state index contributed by atoms with van der Waals surface area (Å²) in [6.07, 6.45) is 0. The molecule has 1 aromatic heterocycles. The van der Waals surface area contributed by atoms with E-state index in [1.807, 2.05) is 11.8 Å². The third kappa shape index (κ3) is 1.38. The second-order valence-electron chi connectivity index (χ2n) is 3.73. The minimum absolute atomic E-state index is 1.26. The number of thiophene rings is 1. The third-order valence-corrected chi connectivity index (χ3v) is 5.00. The average molecular weight is 233 g/mol. The molecule has 3 rings (SSSR count). The number of fused-ring (bicyclic) bond motifs is 2. The molecule has 0 radical (unpaired) electrons. The van der Waals surface area contributed by atoms with Crippen molar-refractivity contribution in [1.29, 1.82) is 0 Å². The van der Waals surface area contributed by atoms with Crippen LogP contribution in [0.5, 0.6) is 0 Å². The summed E-state index contributed by atoms with van der Waals surface area (Å²) in [6, 6.07) is 6.55. The summed E-state index contributed by atoms with van der Waals surface area (Å²) in [4.78, 5) is 1.34. The molecule has 3 heteroatoms. The fourth-order valence-corrected chi connectivity index (χ4v) is 3.81. The lowest BCUT2D eigenvalue weighted by Gasteiger charge is -2.20. The molecule has 15 heavy (non-hydrogen) atoms. The molecule has 1 aromatic carbocycles. The first-order valence-corrected chi connectivity index (χ1v) is 6.58. The maximum atomic E-state index is 3.52. The van der Waals surface area contributed by atoms with Crippen LogP contribution >= 0.6 is 23.1 Å². The van der Waals surface area contributed by atoms with Crippen LogP contribution in [0.2, 0.25) is 0 Å². The highest BCUT2D eigenvalue weighted by molar-refractivity contribution is 8.01. The highest BCUT2D eigenvalue weighted by Gasteiger charge is 2.18. The largest absolute Gasteiger partial charge is 0.353 e. The summed E-state index contributed by atoms with van der Waals surface area (Å²) in [5, 5.41) is 5.66. The Labute approximate surface area is 97.5 Å². The SMILES string of the molecule is Cc1ccc2c(c1C)Nc1ccsc1S2. The molecule has 0 saturated heterocycles. The zero-order valence-corrected chi connectivity index (χ0v) is 10.3. The normalized spacial score (nSPS) is 12.9. The van der Waals surface area contributed by atoms with Gasteiger partial charge in [0.1, 0.15) is 0 Å². The van der Waals surface area contributed by atoms with Gasteiger partial charge in [-0.2, -0.15) is 0 Å². The molecule has 0 spiro atoms. The number of hydrogen-bond donors (Lipinski definition) is 1. The van der Waals surface area contributed by atoms with E-state index in [0.29, 0.717) is 0 Å². The highest BCUT2D eigenvalue weighted by atomic mass is 32.2. The molecule has 0 fully saturated rings. The van der Waals surface area contributed by atoms with E-state index in [0.717, 1.165) is 0 Å². The van der Waals surface area contributed by atoms with Gasteiger partial charge in [-0.25, -0.2) is 0 Å². The summed E-state index contributed by atoms with van der Waals surface area (Å²) in [5.74, 6) is 0. The lowest BCUT2D eigenvalue weighted by molar-refractivity contribution is 1.25. The van der Waals surface area contributed by atoms with Gasteiger partial charge in [-0.05, 0) is 42.5 Å². The van der Waals surface area contributed by atoms with E-state index in [-0.39, 0.29) is 0 Å². The molecule has 2 heterocycles. The highest BCUT2D eigenvalue weighted by Crippen LogP contribution is 2.48. The molecule has 0 bridgehead atoms. The van der Waals surface area contributed by atoms with Gasteiger partial charge in [0.25, 0.3) is 0 Å². The predicted molar refractivity (Wildman–Crippen MR) is 67.6 cm³/mol. The van der Waals surface area contributed by atoms with Gasteiger partial charge in [0.05, 0.1) is 15.6 Å². The summed E-state index contributed by atoms with van der Waals surface area (Å²) in [7, 11) is 0. The topological polar surface area (TPSA) is 12.0 Å². The van der Waals surface area contributed by atoms with Crippen molar-refractivity contribution in [2.75, 3.05) is 5.32 Å². The van der Waals surface area contributed by atoms with Crippen molar-refractivity contribution in [2.24, 2.45) is 0 Å². The molecular formula is C12H11NS2. The summed E-state index contributed by atoms with van der Waals surface area (Å²) < 4.78 is 1.37. The Balaban J connectivity index is 2.17. The standard InChI is InChI=1S/C12H11NS2/c1-7-3-4-10-11(8(7)2)13-9-5-6-14-12(9)15-10/h3-6,13H,1-2H3. The smallest absolute Gasteiger partial charge is 0.0882 e. The minimum Gasteiger partial charge on any atom is -0.353 e. The van der Waals surface area contributed by atoms with Crippen molar-refractivity contribution < 1.29 is 0 Å². The fourth-order valence-electron chi connectivity index (χ4n) is 1.73. The Kier molecular flexibility index (Phi) is 2.04. The first-order chi connectivity index (χ1) is 7.25. The van der Waals surface area contributed by atoms with Crippen LogP contribution in [-0.4, -0.2) is 0 Å². The molecule has 0 unspecified atom stereocenters. The lowest BCUT2D eigenvalue weighted by atomic mass is 10.1. The van der Waals surface area contributed by atoms with E-state index in [1.54, 1.807) is 11.3 Å². The zero-order chi connectivity index (χ0) is 10.4. The second-order valence-corrected chi connectivity index (χ2v) is 5.96. The van der Waals surface area contributed by atoms with Gasteiger partial charge in [-0.3, -0.25) is 0 Å². The van der Waals surface area contributed by atoms with Gasteiger partial charge < -0.3 is 5.32 Å². The fraction of sp³-hybridized carbons (Fsp3) is 0.167. The molecule has 0 amide bonds. The first kappa shape index (κ1) is 9.31. The molecule has 1 aliphatic heterocycles. The number of anilines is 2. The number of nitrogens with one attached hydrogen (secondary N) is 1. The van der Waals surface area contributed by atoms with Crippen LogP contribution in [0.1, 0.15) is 11.1 Å². The van der Waals surface area contributed by atoms with Gasteiger partial charge in [0.15, 0.2) is 0 Å². The van der Waals surface area contributed by atoms with Gasteiger partial charge in [0.2, 0.25) is 0 Å². The lowest BCUT2D eigenvalue weighted by Crippen LogP contribution is -2.00. The predicted octanol–water partition coefficient (Wildman–Crippen LogP) is 4.57. The molecule has 0 saturated carbocycles. The van der Waals surface area contributed by atoms with Gasteiger partial charge >= 0.3 is 0 Å². The van der Waals surface area contributed by atoms with Crippen LogP contribution in [0, 0.1) is 13.8 Å². The Hall–Kier alpha value is -0.930. The summed E-state index contributed by atoms with van der Waals surface area (Å²) >= 11 is 3.67. The molecule has 0 aliphatic carbocycles. The van der Waals surface area contributed by atoms with Crippen molar-refractivity contribution in [1.82, 2.24) is 0 Å². The zero-order valence-electron chi connectivity index (χ0n) is 8.63. The van der Waals surface area contributed by atoms with Crippen LogP contribution in [0.4, 0.5) is 11.4 Å². The van der Waals surface area contributed by atoms with Gasteiger partial charge in [-0.1, -0.05) is 17.8 Å². The summed E-state index contributed by atoms with van der Waals surface area (Å²) in [5.41, 5.74) is 5.24. The molecule has 2 aromatic rings. The van der Waals surface area contributed by atoms with Crippen molar-refractivity contribution in [3.05, 3.63) is 34.7 Å². The van der Waals surface area contributed by atoms with Crippen molar-refractivity contribution >= 4 is 34.5 Å². The van der Waals surface area contributed by atoms with E-state index in [9.17, 15) is 0 Å². The number of hydrogen-bond acceptors (Lipinski definition) is 3. The monoisotopic (exact) mass is 233 g/mol. The Morgan fingerprint density at radius 1 is 1.13 bits per heavy atom. The van der Waals surface area contributed by atoms with Crippen LogP contribution in [0.25, 0.3) is 0 Å². The van der Waals surface area contributed by atoms with E-state index < -0.39 is 0 Å². The quantitative estimate of drug-likeness (QED) is 0.610. The number of benzene rings is 1. The minimum atomic E-state index is 1.26. The Morgan fingerprint density at radius 3 is 2.87 bits per heavy atom. The molecule has 1 nitrogen and oxygen atoms in total. The van der Waals surface area contributed by atoms with E-state index in [2.05, 4.69) is 42.7 Å². The van der Waals surface area contributed by atoms with Crippen LogP contribution in [0.3, 0.4) is 0 Å². The van der Waals surface area contributed by atoms with Crippen LogP contribution in [-0.2, 0) is 0 Å². The molecule has 1 aliphatic rings. The van der Waals surface area contributed by atoms with Crippen molar-refractivity contribution in [3.8, 4) is 0 Å². The Morgan fingerprint density at radius 2 is 2.00 bits per heavy atom. The van der Waals surface area contributed by atoms with E-state index in [1.165, 1.54) is 31.6 Å². The van der Waals surface area contributed by atoms with E-state index in [4.69, 9.17) is 0 Å². The van der Waals surface area contributed by atoms with Crippen molar-refractivity contribution in [2.45, 2.75) is 23.0 Å². The second kappa shape index (κ2) is 3.29. The number of rotatable bonds is 0. The average Bonchev–Trinajstić information content (AvgIpc) is 2.68. The van der Waals surface area contributed by atoms with Crippen molar-refractivity contribution in [3.63, 3.8) is 0 Å². The maximum Gasteiger partial charge on any atom is 0.0882 e. The van der Waals surface area contributed by atoms with Gasteiger partial charge in [-0.15, -0.1) is 11.3 Å². The van der Waals surface area contributed by atoms with Crippen LogP contribution < -0.4 is 5.32 Å². The maximum absolute atomic E-state index is 3.52. The first-order valence-electron chi connectivity index (χ1n) is 4.88. The van der Waals surface area contributed by atoms with Gasteiger partial charge in [0, 0.05) is 4.90 Å². The molecule has 0 atom stereocenters. The molecule has 1 N–H and O–H groups in total. The Bertz CT molecular complexity index is 528.